The first-order chi connectivity index (χ1) is 9.57. The van der Waals surface area contributed by atoms with Crippen molar-refractivity contribution >= 4 is 10.2 Å². The number of nitrogens with zero attached hydrogens (tertiary/aromatic N) is 2. The predicted octanol–water partition coefficient (Wildman–Crippen LogP) is 1.70. The van der Waals surface area contributed by atoms with Gasteiger partial charge in [-0.15, -0.1) is 0 Å². The highest BCUT2D eigenvalue weighted by atomic mass is 32.2. The van der Waals surface area contributed by atoms with Crippen LogP contribution in [0.5, 0.6) is 0 Å². The van der Waals surface area contributed by atoms with Crippen LogP contribution in [0.1, 0.15) is 58.3 Å². The molecule has 0 aromatic rings. The van der Waals surface area contributed by atoms with Crippen molar-refractivity contribution in [2.75, 3.05) is 26.2 Å². The number of rotatable bonds is 6. The Morgan fingerprint density at radius 3 is 2.20 bits per heavy atom. The zero-order valence-corrected chi connectivity index (χ0v) is 13.5. The molecular formula is C14H29N3O2S. The van der Waals surface area contributed by atoms with Crippen molar-refractivity contribution in [1.82, 2.24) is 8.61 Å². The summed E-state index contributed by atoms with van der Waals surface area (Å²) < 4.78 is 29.4. The minimum Gasteiger partial charge on any atom is -0.329 e. The molecular weight excluding hydrogens is 274 g/mol. The van der Waals surface area contributed by atoms with Gasteiger partial charge in [0.05, 0.1) is 0 Å². The predicted molar refractivity (Wildman–Crippen MR) is 81.6 cm³/mol. The van der Waals surface area contributed by atoms with Gasteiger partial charge in [0.15, 0.2) is 0 Å². The maximum atomic E-state index is 13.0. The lowest BCUT2D eigenvalue weighted by Crippen LogP contribution is -2.60. The van der Waals surface area contributed by atoms with Crippen LogP contribution in [0.15, 0.2) is 0 Å². The van der Waals surface area contributed by atoms with Crippen molar-refractivity contribution in [1.29, 1.82) is 0 Å². The first-order valence-electron chi connectivity index (χ1n) is 8.05. The summed E-state index contributed by atoms with van der Waals surface area (Å²) in [4.78, 5) is 0. The highest BCUT2D eigenvalue weighted by Crippen LogP contribution is 2.36. The maximum Gasteiger partial charge on any atom is 0.282 e. The first-order valence-corrected chi connectivity index (χ1v) is 9.44. The summed E-state index contributed by atoms with van der Waals surface area (Å²) in [5, 5.41) is 0. The number of hydrogen-bond acceptors (Lipinski definition) is 3. The van der Waals surface area contributed by atoms with Gasteiger partial charge in [-0.1, -0.05) is 26.2 Å². The fraction of sp³-hybridized carbons (Fsp3) is 1.00. The molecule has 20 heavy (non-hydrogen) atoms. The van der Waals surface area contributed by atoms with Gasteiger partial charge in [-0.05, 0) is 32.1 Å². The topological polar surface area (TPSA) is 66.6 Å². The van der Waals surface area contributed by atoms with E-state index in [9.17, 15) is 8.42 Å². The normalized spacial score (nSPS) is 24.4. The summed E-state index contributed by atoms with van der Waals surface area (Å²) in [5.74, 6) is 0. The van der Waals surface area contributed by atoms with Gasteiger partial charge < -0.3 is 5.73 Å². The lowest BCUT2D eigenvalue weighted by Gasteiger charge is -2.46. The molecule has 0 atom stereocenters. The molecule has 1 heterocycles. The maximum absolute atomic E-state index is 13.0. The van der Waals surface area contributed by atoms with E-state index in [1.165, 1.54) is 6.42 Å². The van der Waals surface area contributed by atoms with Gasteiger partial charge in [0.1, 0.15) is 0 Å². The van der Waals surface area contributed by atoms with Gasteiger partial charge >= 0.3 is 0 Å². The van der Waals surface area contributed by atoms with Gasteiger partial charge in [0.2, 0.25) is 0 Å². The SMILES string of the molecule is CCCN(C1(CN)CCCCC1)S(=O)(=O)N1CCCC1. The van der Waals surface area contributed by atoms with Crippen molar-refractivity contribution in [2.45, 2.75) is 63.8 Å². The zero-order chi connectivity index (χ0) is 14.6. The van der Waals surface area contributed by atoms with Crippen LogP contribution in [-0.4, -0.2) is 48.7 Å². The summed E-state index contributed by atoms with van der Waals surface area (Å²) in [7, 11) is -3.35. The van der Waals surface area contributed by atoms with Crippen LogP contribution in [0.3, 0.4) is 0 Å². The third kappa shape index (κ3) is 3.03. The highest BCUT2D eigenvalue weighted by Gasteiger charge is 2.45. The molecule has 0 radical (unpaired) electrons. The van der Waals surface area contributed by atoms with Gasteiger partial charge in [-0.25, -0.2) is 0 Å². The van der Waals surface area contributed by atoms with Crippen molar-refractivity contribution < 1.29 is 8.42 Å². The highest BCUT2D eigenvalue weighted by molar-refractivity contribution is 7.86. The summed E-state index contributed by atoms with van der Waals surface area (Å²) in [6, 6.07) is 0. The van der Waals surface area contributed by atoms with E-state index in [1.54, 1.807) is 8.61 Å². The fourth-order valence-electron chi connectivity index (χ4n) is 3.62. The molecule has 2 aliphatic rings. The van der Waals surface area contributed by atoms with Gasteiger partial charge in [-0.2, -0.15) is 17.0 Å². The molecule has 2 fully saturated rings. The molecule has 1 aliphatic carbocycles. The molecule has 6 heteroatoms. The molecule has 0 unspecified atom stereocenters. The van der Waals surface area contributed by atoms with Crippen LogP contribution in [0.25, 0.3) is 0 Å². The van der Waals surface area contributed by atoms with E-state index >= 15 is 0 Å². The third-order valence-corrected chi connectivity index (χ3v) is 6.93. The Morgan fingerprint density at radius 2 is 1.70 bits per heavy atom. The van der Waals surface area contributed by atoms with Crippen LogP contribution in [0.2, 0.25) is 0 Å². The third-order valence-electron chi connectivity index (χ3n) is 4.79. The molecule has 2 rings (SSSR count). The Hall–Kier alpha value is -0.170. The number of hydrogen-bond donors (Lipinski definition) is 1. The van der Waals surface area contributed by atoms with Crippen molar-refractivity contribution in [3.63, 3.8) is 0 Å². The van der Waals surface area contributed by atoms with Crippen LogP contribution in [0.4, 0.5) is 0 Å². The average molecular weight is 303 g/mol. The molecule has 2 N–H and O–H groups in total. The summed E-state index contributed by atoms with van der Waals surface area (Å²) >= 11 is 0. The molecule has 5 nitrogen and oxygen atoms in total. The van der Waals surface area contributed by atoms with Gasteiger partial charge in [0, 0.05) is 31.7 Å². The van der Waals surface area contributed by atoms with Crippen LogP contribution in [0, 0.1) is 0 Å². The van der Waals surface area contributed by atoms with E-state index in [-0.39, 0.29) is 5.54 Å². The van der Waals surface area contributed by atoms with E-state index in [2.05, 4.69) is 0 Å². The standard InChI is InChI=1S/C14H29N3O2S/c1-2-10-17(14(13-15)8-4-3-5-9-14)20(18,19)16-11-6-7-12-16/h2-13,15H2,1H3. The van der Waals surface area contributed by atoms with E-state index in [0.717, 1.165) is 44.9 Å². The van der Waals surface area contributed by atoms with E-state index in [1.807, 2.05) is 6.92 Å². The molecule has 1 aliphatic heterocycles. The molecule has 0 bridgehead atoms. The Balaban J connectivity index is 2.28. The Labute approximate surface area is 123 Å². The van der Waals surface area contributed by atoms with Crippen LogP contribution < -0.4 is 5.73 Å². The van der Waals surface area contributed by atoms with E-state index < -0.39 is 10.2 Å². The van der Waals surface area contributed by atoms with E-state index in [4.69, 9.17) is 5.73 Å². The molecule has 118 valence electrons. The quantitative estimate of drug-likeness (QED) is 0.812. The fourth-order valence-corrected chi connectivity index (χ4v) is 5.78. The summed E-state index contributed by atoms with van der Waals surface area (Å²) in [6.45, 7) is 4.42. The molecule has 0 amide bonds. The average Bonchev–Trinajstić information content (AvgIpc) is 3.00. The van der Waals surface area contributed by atoms with Crippen LogP contribution in [-0.2, 0) is 10.2 Å². The summed E-state index contributed by atoms with van der Waals surface area (Å²) in [6.07, 6.45) is 8.01. The second-order valence-corrected chi connectivity index (χ2v) is 8.03. The molecule has 0 aromatic heterocycles. The molecule has 1 saturated carbocycles. The monoisotopic (exact) mass is 303 g/mol. The van der Waals surface area contributed by atoms with E-state index in [0.29, 0.717) is 26.2 Å². The molecule has 1 saturated heterocycles. The second-order valence-electron chi connectivity index (χ2n) is 6.18. The van der Waals surface area contributed by atoms with Crippen molar-refractivity contribution in [3.05, 3.63) is 0 Å². The second kappa shape index (κ2) is 6.73. The Kier molecular flexibility index (Phi) is 5.45. The molecule has 0 spiro atoms. The van der Waals surface area contributed by atoms with Crippen LogP contribution >= 0.6 is 0 Å². The largest absolute Gasteiger partial charge is 0.329 e. The summed E-state index contributed by atoms with van der Waals surface area (Å²) in [5.41, 5.74) is 5.70. The first kappa shape index (κ1) is 16.2. The minimum atomic E-state index is -3.35. The van der Waals surface area contributed by atoms with Gasteiger partial charge in [-0.3, -0.25) is 0 Å². The smallest absolute Gasteiger partial charge is 0.282 e. The lowest BCUT2D eigenvalue weighted by molar-refractivity contribution is 0.128. The Bertz CT molecular complexity index is 399. The number of nitrogens with two attached hydrogens (primary N) is 1. The van der Waals surface area contributed by atoms with Gasteiger partial charge in [0.25, 0.3) is 10.2 Å². The zero-order valence-electron chi connectivity index (χ0n) is 12.7. The minimum absolute atomic E-state index is 0.338. The Morgan fingerprint density at radius 1 is 1.10 bits per heavy atom. The van der Waals surface area contributed by atoms with Crippen molar-refractivity contribution in [3.8, 4) is 0 Å². The van der Waals surface area contributed by atoms with Crippen molar-refractivity contribution in [2.24, 2.45) is 5.73 Å². The molecule has 0 aromatic carbocycles. The lowest BCUT2D eigenvalue weighted by atomic mass is 9.81.